The Labute approximate surface area is 189 Å². The minimum Gasteiger partial charge on any atom is -0.486 e. The molecule has 0 radical (unpaired) electrons. The van der Waals surface area contributed by atoms with Crippen molar-refractivity contribution in [2.45, 2.75) is 17.9 Å². The predicted molar refractivity (Wildman–Crippen MR) is 113 cm³/mol. The second-order valence-corrected chi connectivity index (χ2v) is 8.02. The van der Waals surface area contributed by atoms with Gasteiger partial charge in [-0.1, -0.05) is 41.0 Å². The normalized spacial score (nSPS) is 11.4. The van der Waals surface area contributed by atoms with Crippen LogP contribution >= 0.6 is 35.0 Å². The topological polar surface area (TPSA) is 69.0 Å². The molecule has 0 spiro atoms. The maximum Gasteiger partial charge on any atom is 0.416 e. The zero-order chi connectivity index (χ0) is 22.6. The highest BCUT2D eigenvalue weighted by Gasteiger charge is 2.30. The molecule has 1 amide bonds. The van der Waals surface area contributed by atoms with Crippen LogP contribution in [0.5, 0.6) is 5.75 Å². The van der Waals surface area contributed by atoms with E-state index in [4.69, 9.17) is 27.9 Å². The molecule has 3 rings (SSSR count). The molecule has 0 saturated heterocycles. The molecule has 0 bridgehead atoms. The molecule has 1 aromatic heterocycles. The number of hydrogen-bond acceptors (Lipinski definition) is 5. The lowest BCUT2D eigenvalue weighted by Crippen LogP contribution is -2.15. The maximum absolute atomic E-state index is 12.8. The summed E-state index contributed by atoms with van der Waals surface area (Å²) in [7, 11) is 1.67. The van der Waals surface area contributed by atoms with E-state index in [0.717, 1.165) is 23.9 Å². The van der Waals surface area contributed by atoms with E-state index in [0.29, 0.717) is 26.7 Å². The van der Waals surface area contributed by atoms with E-state index in [1.165, 1.54) is 18.2 Å². The minimum atomic E-state index is -4.45. The molecule has 1 N–H and O–H groups in total. The van der Waals surface area contributed by atoms with Crippen LogP contribution in [0.4, 0.5) is 18.9 Å². The van der Waals surface area contributed by atoms with Crippen LogP contribution in [-0.4, -0.2) is 26.4 Å². The van der Waals surface area contributed by atoms with E-state index >= 15 is 0 Å². The highest BCUT2D eigenvalue weighted by Crippen LogP contribution is 2.31. The lowest BCUT2D eigenvalue weighted by Gasteiger charge is -2.10. The summed E-state index contributed by atoms with van der Waals surface area (Å²) in [6.07, 6.45) is -4.45. The third-order valence-corrected chi connectivity index (χ3v) is 5.57. The molecule has 0 fully saturated rings. The number of benzene rings is 2. The average Bonchev–Trinajstić information content (AvgIpc) is 3.07. The number of anilines is 1. The highest BCUT2D eigenvalue weighted by atomic mass is 35.5. The summed E-state index contributed by atoms with van der Waals surface area (Å²) in [5.74, 6) is 0.158. The first-order valence-electron chi connectivity index (χ1n) is 8.69. The molecule has 2 aromatic carbocycles. The van der Waals surface area contributed by atoms with Crippen molar-refractivity contribution in [2.24, 2.45) is 7.05 Å². The summed E-state index contributed by atoms with van der Waals surface area (Å²) in [6.45, 7) is -0.0876. The summed E-state index contributed by atoms with van der Waals surface area (Å²) in [4.78, 5) is 12.2. The van der Waals surface area contributed by atoms with E-state index < -0.39 is 11.7 Å². The van der Waals surface area contributed by atoms with Crippen LogP contribution in [0.25, 0.3) is 0 Å². The van der Waals surface area contributed by atoms with E-state index in [9.17, 15) is 18.0 Å². The monoisotopic (exact) mass is 490 g/mol. The van der Waals surface area contributed by atoms with E-state index in [-0.39, 0.29) is 24.0 Å². The summed E-state index contributed by atoms with van der Waals surface area (Å²) < 4.78 is 45.4. The quantitative estimate of drug-likeness (QED) is 0.446. The third-order valence-electron chi connectivity index (χ3n) is 3.99. The van der Waals surface area contributed by atoms with Gasteiger partial charge in [-0.05, 0) is 36.4 Å². The zero-order valence-corrected chi connectivity index (χ0v) is 18.2. The molecule has 1 heterocycles. The molecule has 31 heavy (non-hydrogen) atoms. The lowest BCUT2D eigenvalue weighted by molar-refractivity contribution is -0.137. The van der Waals surface area contributed by atoms with E-state index in [1.807, 2.05) is 0 Å². The summed E-state index contributed by atoms with van der Waals surface area (Å²) in [5, 5.41) is 11.8. The summed E-state index contributed by atoms with van der Waals surface area (Å²) in [6, 6.07) is 9.29. The van der Waals surface area contributed by atoms with Crippen LogP contribution in [-0.2, 0) is 24.6 Å². The predicted octanol–water partition coefficient (Wildman–Crippen LogP) is 5.45. The average molecular weight is 491 g/mol. The Morgan fingerprint density at radius 2 is 1.97 bits per heavy atom. The van der Waals surface area contributed by atoms with Crippen molar-refractivity contribution in [3.05, 3.63) is 63.9 Å². The molecule has 164 valence electrons. The molecule has 0 aliphatic heterocycles. The van der Waals surface area contributed by atoms with Gasteiger partial charge in [-0.25, -0.2) is 0 Å². The van der Waals surface area contributed by atoms with Gasteiger partial charge in [0.1, 0.15) is 12.4 Å². The van der Waals surface area contributed by atoms with Crippen molar-refractivity contribution in [1.29, 1.82) is 0 Å². The smallest absolute Gasteiger partial charge is 0.416 e. The molecule has 3 aromatic rings. The minimum absolute atomic E-state index is 0.0311. The Morgan fingerprint density at radius 1 is 1.19 bits per heavy atom. The number of nitrogens with one attached hydrogen (secondary N) is 1. The van der Waals surface area contributed by atoms with Crippen molar-refractivity contribution >= 4 is 46.6 Å². The molecule has 0 aliphatic carbocycles. The molecular weight excluding hydrogens is 476 g/mol. The van der Waals surface area contributed by atoms with Crippen molar-refractivity contribution in [3.63, 3.8) is 0 Å². The molecule has 0 atom stereocenters. The van der Waals surface area contributed by atoms with Gasteiger partial charge < -0.3 is 14.6 Å². The van der Waals surface area contributed by atoms with Crippen molar-refractivity contribution < 1.29 is 22.7 Å². The zero-order valence-electron chi connectivity index (χ0n) is 15.9. The largest absolute Gasteiger partial charge is 0.486 e. The number of hydrogen-bond donors (Lipinski definition) is 1. The fourth-order valence-electron chi connectivity index (χ4n) is 2.42. The number of halogens is 5. The van der Waals surface area contributed by atoms with E-state index in [2.05, 4.69) is 15.5 Å². The molecule has 0 aliphatic rings. The standard InChI is InChI=1S/C19H15Cl2F3N4O2S/c1-28-16(9-30-13-4-2-3-11(7-13)19(22,23)24)26-27-18(28)31-10-17(29)25-15-8-12(20)5-6-14(15)21/h2-8H,9-10H2,1H3,(H,25,29). The number of thioether (sulfide) groups is 1. The first kappa shape index (κ1) is 23.2. The number of amides is 1. The van der Waals surface area contributed by atoms with Crippen LogP contribution in [0.15, 0.2) is 47.6 Å². The van der Waals surface area contributed by atoms with Gasteiger partial charge in [-0.15, -0.1) is 10.2 Å². The number of rotatable bonds is 7. The maximum atomic E-state index is 12.8. The summed E-state index contributed by atoms with van der Waals surface area (Å²) in [5.41, 5.74) is -0.405. The van der Waals surface area contributed by atoms with Gasteiger partial charge in [-0.3, -0.25) is 4.79 Å². The Kier molecular flexibility index (Phi) is 7.34. The highest BCUT2D eigenvalue weighted by molar-refractivity contribution is 7.99. The molecule has 12 heteroatoms. The molecule has 0 saturated carbocycles. The van der Waals surface area contributed by atoms with Crippen LogP contribution in [0.2, 0.25) is 10.0 Å². The van der Waals surface area contributed by atoms with Crippen LogP contribution < -0.4 is 10.1 Å². The number of aromatic nitrogens is 3. The number of nitrogens with zero attached hydrogens (tertiary/aromatic N) is 3. The fourth-order valence-corrected chi connectivity index (χ4v) is 3.48. The van der Waals surface area contributed by atoms with Gasteiger partial charge in [0.2, 0.25) is 5.91 Å². The van der Waals surface area contributed by atoms with Crippen LogP contribution in [0, 0.1) is 0 Å². The van der Waals surface area contributed by atoms with E-state index in [1.54, 1.807) is 23.7 Å². The Bertz CT molecular complexity index is 1090. The first-order chi connectivity index (χ1) is 14.6. The molecular formula is C19H15Cl2F3N4O2S. The molecule has 6 nitrogen and oxygen atoms in total. The number of carbonyl (C=O) groups is 1. The van der Waals surface area contributed by atoms with Gasteiger partial charge in [-0.2, -0.15) is 13.2 Å². The number of alkyl halides is 3. The number of ether oxygens (including phenoxy) is 1. The van der Waals surface area contributed by atoms with Gasteiger partial charge in [0, 0.05) is 12.1 Å². The van der Waals surface area contributed by atoms with Crippen molar-refractivity contribution in [3.8, 4) is 5.75 Å². The van der Waals surface area contributed by atoms with Crippen molar-refractivity contribution in [2.75, 3.05) is 11.1 Å². The lowest BCUT2D eigenvalue weighted by atomic mass is 10.2. The van der Waals surface area contributed by atoms with Gasteiger partial charge in [0.25, 0.3) is 0 Å². The SMILES string of the molecule is Cn1c(COc2cccc(C(F)(F)F)c2)nnc1SCC(=O)Nc1cc(Cl)ccc1Cl. The van der Waals surface area contributed by atoms with Crippen LogP contribution in [0.1, 0.15) is 11.4 Å². The van der Waals surface area contributed by atoms with Gasteiger partial charge in [0.15, 0.2) is 11.0 Å². The molecule has 0 unspecified atom stereocenters. The Hall–Kier alpha value is -2.43. The Balaban J connectivity index is 1.56. The Morgan fingerprint density at radius 3 is 2.71 bits per heavy atom. The van der Waals surface area contributed by atoms with Crippen LogP contribution in [0.3, 0.4) is 0 Å². The second-order valence-electron chi connectivity index (χ2n) is 6.23. The van der Waals surface area contributed by atoms with Gasteiger partial charge >= 0.3 is 6.18 Å². The van der Waals surface area contributed by atoms with Crippen molar-refractivity contribution in [1.82, 2.24) is 14.8 Å². The van der Waals surface area contributed by atoms with Gasteiger partial charge in [0.05, 0.1) is 22.0 Å². The number of carbonyl (C=O) groups excluding carboxylic acids is 1. The summed E-state index contributed by atoms with van der Waals surface area (Å²) >= 11 is 13.1. The second kappa shape index (κ2) is 9.80. The first-order valence-corrected chi connectivity index (χ1v) is 10.4. The fraction of sp³-hybridized carbons (Fsp3) is 0.211. The third kappa shape index (κ3) is 6.28.